The van der Waals surface area contributed by atoms with E-state index in [0.29, 0.717) is 25.9 Å². The Hall–Kier alpha value is -1.40. The van der Waals surface area contributed by atoms with Crippen LogP contribution >= 0.6 is 0 Å². The average Bonchev–Trinajstić information content (AvgIpc) is 3.35. The van der Waals surface area contributed by atoms with E-state index in [1.165, 1.54) is 270 Å². The lowest BCUT2D eigenvalue weighted by Gasteiger charge is -2.22. The molecular weight excluding hydrogens is 851 g/mol. The number of ether oxygens (including phenoxy) is 1. The highest BCUT2D eigenvalue weighted by atomic mass is 16.5. The number of allylic oxidation sites excluding steroid dienone is 2. The number of aliphatic hydroxyl groups excluding tert-OH is 2. The molecule has 0 aliphatic rings. The molecule has 0 aromatic rings. The van der Waals surface area contributed by atoms with Gasteiger partial charge in [0.15, 0.2) is 0 Å². The van der Waals surface area contributed by atoms with Crippen LogP contribution in [0.2, 0.25) is 0 Å². The number of aliphatic hydroxyl groups is 2. The van der Waals surface area contributed by atoms with Crippen molar-refractivity contribution >= 4 is 11.9 Å². The normalized spacial score (nSPS) is 12.6. The molecule has 0 fully saturated rings. The van der Waals surface area contributed by atoms with Crippen LogP contribution in [0.1, 0.15) is 354 Å². The van der Waals surface area contributed by atoms with Gasteiger partial charge in [-0.1, -0.05) is 302 Å². The minimum atomic E-state index is -0.672. The van der Waals surface area contributed by atoms with E-state index in [2.05, 4.69) is 31.3 Å². The fraction of sp³-hybridized carbons (Fsp3) is 0.937. The third-order valence-electron chi connectivity index (χ3n) is 14.8. The van der Waals surface area contributed by atoms with Gasteiger partial charge in [-0.15, -0.1) is 0 Å². The Morgan fingerprint density at radius 1 is 0.391 bits per heavy atom. The van der Waals surface area contributed by atoms with Crippen molar-refractivity contribution in [2.24, 2.45) is 0 Å². The van der Waals surface area contributed by atoms with Gasteiger partial charge in [-0.3, -0.25) is 9.59 Å². The molecule has 410 valence electrons. The molecule has 0 heterocycles. The number of amides is 1. The van der Waals surface area contributed by atoms with E-state index in [-0.39, 0.29) is 18.5 Å². The van der Waals surface area contributed by atoms with Crippen molar-refractivity contribution in [3.05, 3.63) is 12.2 Å². The summed E-state index contributed by atoms with van der Waals surface area (Å²) in [6, 6.07) is -0.550. The van der Waals surface area contributed by atoms with E-state index in [1.54, 1.807) is 0 Å². The second-order valence-corrected chi connectivity index (χ2v) is 21.7. The molecule has 0 saturated carbocycles. The lowest BCUT2D eigenvalue weighted by atomic mass is 10.0. The fourth-order valence-corrected chi connectivity index (χ4v) is 9.99. The monoisotopic (exact) mass is 974 g/mol. The summed E-state index contributed by atoms with van der Waals surface area (Å²) in [7, 11) is 0. The van der Waals surface area contributed by atoms with E-state index < -0.39 is 12.1 Å². The first kappa shape index (κ1) is 67.6. The van der Waals surface area contributed by atoms with E-state index in [4.69, 9.17) is 4.74 Å². The molecule has 0 rings (SSSR count). The topological polar surface area (TPSA) is 95.9 Å². The Bertz CT molecular complexity index is 1030. The van der Waals surface area contributed by atoms with Crippen LogP contribution in [0, 0.1) is 0 Å². The third-order valence-corrected chi connectivity index (χ3v) is 14.8. The highest BCUT2D eigenvalue weighted by Crippen LogP contribution is 2.18. The maximum absolute atomic E-state index is 12.5. The van der Waals surface area contributed by atoms with Crippen LogP contribution in [0.5, 0.6) is 0 Å². The zero-order valence-electron chi connectivity index (χ0n) is 46.8. The molecule has 69 heavy (non-hydrogen) atoms. The first-order valence-electron chi connectivity index (χ1n) is 31.4. The predicted octanol–water partition coefficient (Wildman–Crippen LogP) is 19.6. The zero-order valence-corrected chi connectivity index (χ0v) is 46.8. The number of esters is 1. The van der Waals surface area contributed by atoms with Crippen molar-refractivity contribution in [2.45, 2.75) is 366 Å². The quantitative estimate of drug-likeness (QED) is 0.0321. The molecule has 0 bridgehead atoms. The van der Waals surface area contributed by atoms with Crippen molar-refractivity contribution in [3.8, 4) is 0 Å². The lowest BCUT2D eigenvalue weighted by Crippen LogP contribution is -2.45. The molecule has 0 aliphatic heterocycles. The molecule has 0 saturated heterocycles. The Morgan fingerprint density at radius 3 is 1.03 bits per heavy atom. The molecule has 1 amide bonds. The average molecular weight is 975 g/mol. The van der Waals surface area contributed by atoms with Gasteiger partial charge in [-0.25, -0.2) is 0 Å². The summed E-state index contributed by atoms with van der Waals surface area (Å²) >= 11 is 0. The van der Waals surface area contributed by atoms with Gasteiger partial charge in [0.25, 0.3) is 0 Å². The number of rotatable bonds is 59. The van der Waals surface area contributed by atoms with Gasteiger partial charge in [0.2, 0.25) is 5.91 Å². The summed E-state index contributed by atoms with van der Waals surface area (Å²) < 4.78 is 5.48. The van der Waals surface area contributed by atoms with Gasteiger partial charge >= 0.3 is 5.97 Å². The van der Waals surface area contributed by atoms with Crippen LogP contribution in [-0.4, -0.2) is 47.4 Å². The zero-order chi connectivity index (χ0) is 50.0. The standard InChI is InChI=1S/C63H123NO5/c1-3-5-7-9-11-13-15-17-19-21-22-23-24-25-26-27-31-35-39-43-47-51-55-61(66)60(59-65)64-62(67)56-52-48-44-40-36-32-29-30-34-38-42-46-50-54-58-69-63(68)57-53-49-45-41-37-33-28-20-18-16-14-12-10-8-6-4-2/h20,28,60-61,65-66H,3-19,21-27,29-59H2,1-2H3,(H,64,67)/b28-20-. The predicted molar refractivity (Wildman–Crippen MR) is 301 cm³/mol. The van der Waals surface area contributed by atoms with Crippen molar-refractivity contribution in [1.82, 2.24) is 5.32 Å². The van der Waals surface area contributed by atoms with E-state index in [0.717, 1.165) is 51.4 Å². The molecule has 0 radical (unpaired) electrons. The van der Waals surface area contributed by atoms with E-state index in [9.17, 15) is 19.8 Å². The Balaban J connectivity index is 3.43. The molecule has 0 spiro atoms. The molecule has 2 atom stereocenters. The fourth-order valence-electron chi connectivity index (χ4n) is 9.99. The van der Waals surface area contributed by atoms with Crippen LogP contribution in [0.3, 0.4) is 0 Å². The van der Waals surface area contributed by atoms with Crippen LogP contribution in [0.15, 0.2) is 12.2 Å². The number of carbonyl (C=O) groups is 2. The maximum atomic E-state index is 12.5. The minimum Gasteiger partial charge on any atom is -0.466 e. The first-order chi connectivity index (χ1) is 34.0. The molecule has 0 aromatic carbocycles. The molecule has 0 aliphatic carbocycles. The summed E-state index contributed by atoms with van der Waals surface area (Å²) in [5, 5.41) is 23.4. The number of hydrogen-bond donors (Lipinski definition) is 3. The molecule has 6 heteroatoms. The van der Waals surface area contributed by atoms with E-state index >= 15 is 0 Å². The van der Waals surface area contributed by atoms with Crippen molar-refractivity contribution in [2.75, 3.05) is 13.2 Å². The summed E-state index contributed by atoms with van der Waals surface area (Å²) in [5.41, 5.74) is 0. The van der Waals surface area contributed by atoms with Gasteiger partial charge in [0, 0.05) is 12.8 Å². The van der Waals surface area contributed by atoms with Gasteiger partial charge in [-0.05, 0) is 51.4 Å². The van der Waals surface area contributed by atoms with Crippen LogP contribution in [0.4, 0.5) is 0 Å². The number of unbranched alkanes of at least 4 members (excludes halogenated alkanes) is 46. The van der Waals surface area contributed by atoms with Crippen LogP contribution < -0.4 is 5.32 Å². The summed E-state index contributed by atoms with van der Waals surface area (Å²) in [4.78, 5) is 24.6. The Kier molecular flexibility index (Phi) is 58.0. The van der Waals surface area contributed by atoms with Crippen LogP contribution in [0.25, 0.3) is 0 Å². The summed E-state index contributed by atoms with van der Waals surface area (Å²) in [6.07, 6.45) is 70.7. The lowest BCUT2D eigenvalue weighted by molar-refractivity contribution is -0.143. The van der Waals surface area contributed by atoms with Gasteiger partial charge in [0.1, 0.15) is 0 Å². The smallest absolute Gasteiger partial charge is 0.305 e. The number of hydrogen-bond acceptors (Lipinski definition) is 5. The SMILES string of the molecule is CCCCCCCCC/C=C\CCCCCCCC(=O)OCCCCCCCCCCCCCCCCC(=O)NC(CO)C(O)CCCCCCCCCCCCCCCCCCCCCCCC. The van der Waals surface area contributed by atoms with E-state index in [1.807, 2.05) is 0 Å². The molecule has 6 nitrogen and oxygen atoms in total. The maximum Gasteiger partial charge on any atom is 0.305 e. The molecular formula is C63H123NO5. The molecule has 3 N–H and O–H groups in total. The van der Waals surface area contributed by atoms with Crippen molar-refractivity contribution in [3.63, 3.8) is 0 Å². The van der Waals surface area contributed by atoms with Crippen molar-refractivity contribution < 1.29 is 24.5 Å². The second kappa shape index (κ2) is 59.2. The largest absolute Gasteiger partial charge is 0.466 e. The minimum absolute atomic E-state index is 0.00822. The van der Waals surface area contributed by atoms with Gasteiger partial charge in [0.05, 0.1) is 25.4 Å². The number of carbonyl (C=O) groups excluding carboxylic acids is 2. The highest BCUT2D eigenvalue weighted by Gasteiger charge is 2.20. The Morgan fingerprint density at radius 2 is 0.681 bits per heavy atom. The van der Waals surface area contributed by atoms with Crippen molar-refractivity contribution in [1.29, 1.82) is 0 Å². The third kappa shape index (κ3) is 55.8. The van der Waals surface area contributed by atoms with Gasteiger partial charge in [-0.2, -0.15) is 0 Å². The second-order valence-electron chi connectivity index (χ2n) is 21.7. The molecule has 0 aromatic heterocycles. The summed E-state index contributed by atoms with van der Waals surface area (Å²) in [5.74, 6) is -0.0498. The first-order valence-corrected chi connectivity index (χ1v) is 31.4. The summed E-state index contributed by atoms with van der Waals surface area (Å²) in [6.45, 7) is 4.96. The molecule has 2 unspecified atom stereocenters. The highest BCUT2D eigenvalue weighted by molar-refractivity contribution is 5.76. The number of nitrogens with one attached hydrogen (secondary N) is 1. The van der Waals surface area contributed by atoms with Gasteiger partial charge < -0.3 is 20.3 Å². The van der Waals surface area contributed by atoms with Crippen LogP contribution in [-0.2, 0) is 14.3 Å². The Labute approximate surface area is 431 Å².